The van der Waals surface area contributed by atoms with Gasteiger partial charge in [0.25, 0.3) is 5.56 Å². The normalized spacial score (nSPS) is 14.6. The number of aromatic nitrogens is 3. The number of aryl methyl sites for hydroxylation is 1. The summed E-state index contributed by atoms with van der Waals surface area (Å²) in [7, 11) is 0. The molecule has 37 heavy (non-hydrogen) atoms. The molecule has 0 radical (unpaired) electrons. The van der Waals surface area contributed by atoms with E-state index in [9.17, 15) is 37.2 Å². The van der Waals surface area contributed by atoms with Crippen LogP contribution in [0.4, 0.5) is 23.4 Å². The van der Waals surface area contributed by atoms with Gasteiger partial charge in [0.05, 0.1) is 28.3 Å². The number of piperidine rings is 1. The molecule has 1 N–H and O–H groups in total. The number of alkyl halides is 3. The molecule has 1 aromatic carbocycles. The molecule has 13 heteroatoms. The number of anilines is 1. The summed E-state index contributed by atoms with van der Waals surface area (Å²) in [5, 5.41) is 9.16. The maximum Gasteiger partial charge on any atom is 0.391 e. The zero-order valence-corrected chi connectivity index (χ0v) is 20.2. The number of nitrogens with one attached hydrogen (secondary N) is 1. The van der Waals surface area contributed by atoms with E-state index in [1.807, 2.05) is 6.07 Å². The number of hydrogen-bond acceptors (Lipinski definition) is 5. The van der Waals surface area contributed by atoms with Gasteiger partial charge in [-0.15, -0.1) is 0 Å². The predicted octanol–water partition coefficient (Wildman–Crippen LogP) is 3.76. The van der Waals surface area contributed by atoms with E-state index in [1.165, 1.54) is 17.0 Å². The van der Waals surface area contributed by atoms with Crippen LogP contribution in [-0.2, 0) is 6.54 Å². The average Bonchev–Trinajstić information content (AvgIpc) is 2.81. The largest absolute Gasteiger partial charge is 0.391 e. The minimum atomic E-state index is -4.40. The van der Waals surface area contributed by atoms with E-state index in [0.29, 0.717) is 10.3 Å². The lowest BCUT2D eigenvalue weighted by molar-refractivity contribution is -0.179. The summed E-state index contributed by atoms with van der Waals surface area (Å²) in [6, 6.07) is 7.68. The van der Waals surface area contributed by atoms with Gasteiger partial charge in [0, 0.05) is 24.8 Å². The lowest BCUT2D eigenvalue weighted by atomic mass is 9.95. The van der Waals surface area contributed by atoms with Crippen LogP contribution in [0.5, 0.6) is 0 Å². The summed E-state index contributed by atoms with van der Waals surface area (Å²) in [4.78, 5) is 43.5. The lowest BCUT2D eigenvalue weighted by Gasteiger charge is -2.36. The van der Waals surface area contributed by atoms with E-state index < -0.39 is 41.3 Å². The fourth-order valence-electron chi connectivity index (χ4n) is 4.53. The van der Waals surface area contributed by atoms with Gasteiger partial charge in [-0.1, -0.05) is 17.7 Å². The quantitative estimate of drug-likeness (QED) is 0.510. The zero-order chi connectivity index (χ0) is 27.1. The second-order valence-electron chi connectivity index (χ2n) is 8.68. The Balaban J connectivity index is 2.05. The Hall–Kier alpha value is -3.85. The van der Waals surface area contributed by atoms with Gasteiger partial charge in [-0.05, 0) is 43.5 Å². The van der Waals surface area contributed by atoms with Crippen LogP contribution >= 0.6 is 11.6 Å². The molecule has 0 aliphatic carbocycles. The van der Waals surface area contributed by atoms with Crippen molar-refractivity contribution >= 4 is 17.4 Å². The number of rotatable bonds is 4. The number of nitrogens with zero attached hydrogens (tertiary/aromatic N) is 4. The van der Waals surface area contributed by atoms with Crippen molar-refractivity contribution in [3.8, 4) is 22.9 Å². The van der Waals surface area contributed by atoms with Gasteiger partial charge in [0.1, 0.15) is 18.2 Å². The third-order valence-corrected chi connectivity index (χ3v) is 6.52. The molecule has 0 spiro atoms. The highest BCUT2D eigenvalue weighted by Gasteiger charge is 2.42. The molecular weight excluding hydrogens is 518 g/mol. The maximum atomic E-state index is 14.0. The van der Waals surface area contributed by atoms with Gasteiger partial charge in [0.2, 0.25) is 5.56 Å². The SMILES string of the molecule is Cc1cc(-n2c(=O)c(-c3ccc(F)c(Cl)c3)c(N3CCC(C(F)(F)F)CC3)n(CC#N)c2=O)cc(=O)[nH]1. The molecule has 8 nitrogen and oxygen atoms in total. The first-order valence-electron chi connectivity index (χ1n) is 11.2. The van der Waals surface area contributed by atoms with Gasteiger partial charge in [0.15, 0.2) is 0 Å². The van der Waals surface area contributed by atoms with E-state index in [1.54, 1.807) is 6.92 Å². The van der Waals surface area contributed by atoms with Crippen molar-refractivity contribution in [1.82, 2.24) is 14.1 Å². The molecular formula is C24H20ClF4N5O3. The first-order valence-corrected chi connectivity index (χ1v) is 11.6. The molecule has 0 unspecified atom stereocenters. The molecule has 3 heterocycles. The number of hydrogen-bond donors (Lipinski definition) is 1. The van der Waals surface area contributed by atoms with E-state index in [2.05, 4.69) is 4.98 Å². The zero-order valence-electron chi connectivity index (χ0n) is 19.4. The van der Waals surface area contributed by atoms with Crippen molar-refractivity contribution in [2.75, 3.05) is 18.0 Å². The van der Waals surface area contributed by atoms with E-state index in [4.69, 9.17) is 11.6 Å². The van der Waals surface area contributed by atoms with Crippen molar-refractivity contribution in [3.05, 3.63) is 78.1 Å². The molecule has 0 amide bonds. The van der Waals surface area contributed by atoms with Crippen LogP contribution in [-0.4, -0.2) is 33.4 Å². The third kappa shape index (κ3) is 5.04. The van der Waals surface area contributed by atoms with E-state index in [0.717, 1.165) is 22.8 Å². The first-order chi connectivity index (χ1) is 17.4. The highest BCUT2D eigenvalue weighted by atomic mass is 35.5. The van der Waals surface area contributed by atoms with Crippen molar-refractivity contribution in [2.24, 2.45) is 5.92 Å². The minimum Gasteiger partial charge on any atom is -0.357 e. The van der Waals surface area contributed by atoms with Crippen LogP contribution in [0.25, 0.3) is 16.8 Å². The number of halogens is 5. The summed E-state index contributed by atoms with van der Waals surface area (Å²) in [6.45, 7) is 0.705. The van der Waals surface area contributed by atoms with Crippen LogP contribution in [0.3, 0.4) is 0 Å². The smallest absolute Gasteiger partial charge is 0.357 e. The Morgan fingerprint density at radius 2 is 1.81 bits per heavy atom. The monoisotopic (exact) mass is 537 g/mol. The van der Waals surface area contributed by atoms with Crippen LogP contribution < -0.4 is 21.7 Å². The van der Waals surface area contributed by atoms with Gasteiger partial charge in [-0.25, -0.2) is 13.8 Å². The average molecular weight is 538 g/mol. The van der Waals surface area contributed by atoms with Crippen LogP contribution in [0.1, 0.15) is 18.5 Å². The van der Waals surface area contributed by atoms with Crippen LogP contribution in [0.2, 0.25) is 5.02 Å². The van der Waals surface area contributed by atoms with E-state index in [-0.39, 0.29) is 53.6 Å². The minimum absolute atomic E-state index is 0.0697. The Kier molecular flexibility index (Phi) is 7.01. The summed E-state index contributed by atoms with van der Waals surface area (Å²) >= 11 is 5.97. The van der Waals surface area contributed by atoms with Crippen LogP contribution in [0, 0.1) is 30.0 Å². The van der Waals surface area contributed by atoms with Crippen molar-refractivity contribution < 1.29 is 17.6 Å². The number of H-pyrrole nitrogens is 1. The highest BCUT2D eigenvalue weighted by Crippen LogP contribution is 2.37. The molecule has 194 valence electrons. The Morgan fingerprint density at radius 3 is 2.38 bits per heavy atom. The number of aromatic amines is 1. The fourth-order valence-corrected chi connectivity index (χ4v) is 4.71. The standard InChI is InChI=1S/C24H20ClF4N5O3/c1-13-10-16(12-19(35)31-13)34-22(36)20(14-2-3-18(26)17(25)11-14)21(33(9-6-30)23(34)37)32-7-4-15(5-8-32)24(27,28)29/h2-3,10-12,15H,4-5,7-9H2,1H3,(H,31,35). The van der Waals surface area contributed by atoms with Crippen molar-refractivity contribution in [2.45, 2.75) is 32.5 Å². The summed E-state index contributed by atoms with van der Waals surface area (Å²) in [6.07, 6.45) is -4.97. The topological polar surface area (TPSA) is 104 Å². The molecule has 0 saturated carbocycles. The van der Waals surface area contributed by atoms with Crippen LogP contribution in [0.15, 0.2) is 44.7 Å². The first kappa shape index (κ1) is 26.2. The Bertz CT molecular complexity index is 1580. The molecule has 1 saturated heterocycles. The lowest BCUT2D eigenvalue weighted by Crippen LogP contribution is -2.46. The number of benzene rings is 1. The van der Waals surface area contributed by atoms with Crippen molar-refractivity contribution in [3.63, 3.8) is 0 Å². The maximum absolute atomic E-state index is 14.0. The second-order valence-corrected chi connectivity index (χ2v) is 9.09. The van der Waals surface area contributed by atoms with Gasteiger partial charge in [-0.3, -0.25) is 14.2 Å². The molecule has 0 atom stereocenters. The molecule has 4 rings (SSSR count). The molecule has 2 aromatic heterocycles. The predicted molar refractivity (Wildman–Crippen MR) is 129 cm³/mol. The summed E-state index contributed by atoms with van der Waals surface area (Å²) in [5.74, 6) is -2.39. The van der Waals surface area contributed by atoms with Gasteiger partial charge in [-0.2, -0.15) is 18.4 Å². The van der Waals surface area contributed by atoms with Gasteiger partial charge < -0.3 is 9.88 Å². The van der Waals surface area contributed by atoms with E-state index >= 15 is 0 Å². The van der Waals surface area contributed by atoms with Gasteiger partial charge >= 0.3 is 11.9 Å². The number of nitriles is 1. The Morgan fingerprint density at radius 1 is 1.14 bits per heavy atom. The summed E-state index contributed by atoms with van der Waals surface area (Å²) < 4.78 is 55.5. The molecule has 1 aliphatic rings. The Labute approximate surface area is 212 Å². The highest BCUT2D eigenvalue weighted by molar-refractivity contribution is 6.31. The molecule has 3 aromatic rings. The molecule has 0 bridgehead atoms. The van der Waals surface area contributed by atoms with Crippen molar-refractivity contribution in [1.29, 1.82) is 5.26 Å². The number of pyridine rings is 1. The molecule has 1 aliphatic heterocycles. The fraction of sp³-hybridized carbons (Fsp3) is 0.333. The molecule has 1 fully saturated rings. The second kappa shape index (κ2) is 9.89. The summed E-state index contributed by atoms with van der Waals surface area (Å²) in [5.41, 5.74) is -2.24. The third-order valence-electron chi connectivity index (χ3n) is 6.23.